The van der Waals surface area contributed by atoms with E-state index in [0.29, 0.717) is 24.0 Å². The molecule has 0 aliphatic rings. The maximum absolute atomic E-state index is 12.0. The minimum atomic E-state index is -1.05. The highest BCUT2D eigenvalue weighted by atomic mass is 16.4. The van der Waals surface area contributed by atoms with Gasteiger partial charge in [-0.15, -0.1) is 0 Å². The summed E-state index contributed by atoms with van der Waals surface area (Å²) < 4.78 is 0. The van der Waals surface area contributed by atoms with Crippen molar-refractivity contribution >= 4 is 11.9 Å². The van der Waals surface area contributed by atoms with Crippen LogP contribution >= 0.6 is 0 Å². The Kier molecular flexibility index (Phi) is 5.83. The highest BCUT2D eigenvalue weighted by Crippen LogP contribution is 2.25. The maximum atomic E-state index is 12.0. The van der Waals surface area contributed by atoms with E-state index < -0.39 is 11.9 Å². The van der Waals surface area contributed by atoms with Gasteiger partial charge in [-0.2, -0.15) is 0 Å². The summed E-state index contributed by atoms with van der Waals surface area (Å²) in [5.41, 5.74) is 6.47. The number of aryl methyl sites for hydroxylation is 3. The second-order valence-corrected chi connectivity index (χ2v) is 7.49. The molecule has 0 aromatic heterocycles. The molecule has 0 fully saturated rings. The molecule has 0 aliphatic heterocycles. The zero-order chi connectivity index (χ0) is 21.1. The van der Waals surface area contributed by atoms with Crippen molar-refractivity contribution in [3.63, 3.8) is 0 Å². The molecule has 3 rings (SSSR count). The SMILES string of the molecule is Cc1ccc(C)c(Cc2cc(C(=O)O)c(Cc3ccccc3C)cc2C(=O)O)c1. The van der Waals surface area contributed by atoms with Crippen molar-refractivity contribution in [3.8, 4) is 0 Å². The topological polar surface area (TPSA) is 74.6 Å². The van der Waals surface area contributed by atoms with Crippen LogP contribution in [0, 0.1) is 20.8 Å². The molecule has 0 spiro atoms. The van der Waals surface area contributed by atoms with Gasteiger partial charge in [-0.3, -0.25) is 0 Å². The fraction of sp³-hybridized carbons (Fsp3) is 0.200. The average molecular weight is 388 g/mol. The van der Waals surface area contributed by atoms with Gasteiger partial charge in [0.15, 0.2) is 0 Å². The number of aromatic carboxylic acids is 2. The van der Waals surface area contributed by atoms with E-state index in [9.17, 15) is 19.8 Å². The van der Waals surface area contributed by atoms with E-state index in [1.54, 1.807) is 0 Å². The summed E-state index contributed by atoms with van der Waals surface area (Å²) in [4.78, 5) is 23.9. The number of benzene rings is 3. The van der Waals surface area contributed by atoms with Crippen LogP contribution < -0.4 is 0 Å². The van der Waals surface area contributed by atoms with E-state index in [-0.39, 0.29) is 11.1 Å². The van der Waals surface area contributed by atoms with Gasteiger partial charge in [0.2, 0.25) is 0 Å². The fourth-order valence-electron chi connectivity index (χ4n) is 3.59. The summed E-state index contributed by atoms with van der Waals surface area (Å²) in [6.07, 6.45) is 0.748. The molecule has 4 heteroatoms. The van der Waals surface area contributed by atoms with Crippen LogP contribution in [0.4, 0.5) is 0 Å². The van der Waals surface area contributed by atoms with Gasteiger partial charge in [-0.1, -0.05) is 48.0 Å². The van der Waals surface area contributed by atoms with Gasteiger partial charge in [-0.25, -0.2) is 9.59 Å². The predicted octanol–water partition coefficient (Wildman–Crippen LogP) is 5.19. The van der Waals surface area contributed by atoms with E-state index in [1.165, 1.54) is 12.1 Å². The van der Waals surface area contributed by atoms with Crippen molar-refractivity contribution in [2.24, 2.45) is 0 Å². The lowest BCUT2D eigenvalue weighted by molar-refractivity contribution is 0.0679. The smallest absolute Gasteiger partial charge is 0.335 e. The van der Waals surface area contributed by atoms with Crippen LogP contribution in [0.25, 0.3) is 0 Å². The zero-order valence-corrected chi connectivity index (χ0v) is 16.8. The van der Waals surface area contributed by atoms with Crippen molar-refractivity contribution in [1.82, 2.24) is 0 Å². The zero-order valence-electron chi connectivity index (χ0n) is 16.8. The molecule has 0 bridgehead atoms. The molecule has 29 heavy (non-hydrogen) atoms. The van der Waals surface area contributed by atoms with E-state index in [4.69, 9.17) is 0 Å². The number of hydrogen-bond donors (Lipinski definition) is 2. The molecule has 3 aromatic rings. The first kappa shape index (κ1) is 20.3. The van der Waals surface area contributed by atoms with Crippen molar-refractivity contribution in [1.29, 1.82) is 0 Å². The first-order chi connectivity index (χ1) is 13.8. The van der Waals surface area contributed by atoms with Crippen LogP contribution in [0.1, 0.15) is 59.7 Å². The minimum Gasteiger partial charge on any atom is -0.478 e. The lowest BCUT2D eigenvalue weighted by Gasteiger charge is -2.15. The Morgan fingerprint density at radius 2 is 1.17 bits per heavy atom. The second kappa shape index (κ2) is 8.31. The van der Waals surface area contributed by atoms with Crippen molar-refractivity contribution in [2.75, 3.05) is 0 Å². The Morgan fingerprint density at radius 1 is 0.655 bits per heavy atom. The Labute approximate surface area is 170 Å². The Morgan fingerprint density at radius 3 is 1.72 bits per heavy atom. The normalized spacial score (nSPS) is 10.7. The highest BCUT2D eigenvalue weighted by Gasteiger charge is 2.20. The monoisotopic (exact) mass is 388 g/mol. The third kappa shape index (κ3) is 4.54. The van der Waals surface area contributed by atoms with Crippen LogP contribution in [-0.4, -0.2) is 22.2 Å². The quantitative estimate of drug-likeness (QED) is 0.609. The number of carboxylic acid groups (broad SMARTS) is 2. The standard InChI is InChI=1S/C25H24O4/c1-15-8-9-17(3)19(10-15)12-21-14-22(24(26)27)20(13-23(21)25(28)29)11-18-7-5-4-6-16(18)2/h4-10,13-14H,11-12H2,1-3H3,(H,26,27)(H,28,29). The molecule has 0 amide bonds. The average Bonchev–Trinajstić information content (AvgIpc) is 2.66. The van der Waals surface area contributed by atoms with Crippen LogP contribution in [0.2, 0.25) is 0 Å². The molecule has 0 radical (unpaired) electrons. The van der Waals surface area contributed by atoms with Gasteiger partial charge in [0.25, 0.3) is 0 Å². The number of carboxylic acids is 2. The molecule has 0 unspecified atom stereocenters. The maximum Gasteiger partial charge on any atom is 0.335 e. The summed E-state index contributed by atoms with van der Waals surface area (Å²) in [5.74, 6) is -2.10. The van der Waals surface area contributed by atoms with Crippen LogP contribution in [0.3, 0.4) is 0 Å². The molecule has 2 N–H and O–H groups in total. The van der Waals surface area contributed by atoms with Gasteiger partial charge < -0.3 is 10.2 Å². The van der Waals surface area contributed by atoms with Crippen LogP contribution in [0.15, 0.2) is 54.6 Å². The molecular formula is C25H24O4. The lowest BCUT2D eigenvalue weighted by Crippen LogP contribution is -2.11. The summed E-state index contributed by atoms with van der Waals surface area (Å²) in [5, 5.41) is 19.6. The molecule has 4 nitrogen and oxygen atoms in total. The largest absolute Gasteiger partial charge is 0.478 e. The summed E-state index contributed by atoms with van der Waals surface area (Å²) in [7, 11) is 0. The Balaban J connectivity index is 2.11. The molecular weight excluding hydrogens is 364 g/mol. The molecule has 148 valence electrons. The van der Waals surface area contributed by atoms with E-state index in [2.05, 4.69) is 0 Å². The third-order valence-electron chi connectivity index (χ3n) is 5.32. The second-order valence-electron chi connectivity index (χ2n) is 7.49. The summed E-state index contributed by atoms with van der Waals surface area (Å²) in [6.45, 7) is 5.91. The van der Waals surface area contributed by atoms with E-state index in [1.807, 2.05) is 63.2 Å². The Bertz CT molecular complexity index is 1100. The minimum absolute atomic E-state index is 0.151. The van der Waals surface area contributed by atoms with E-state index in [0.717, 1.165) is 27.8 Å². The number of hydrogen-bond acceptors (Lipinski definition) is 2. The molecule has 3 aromatic carbocycles. The van der Waals surface area contributed by atoms with Gasteiger partial charge >= 0.3 is 11.9 Å². The molecule has 0 saturated heterocycles. The summed E-state index contributed by atoms with van der Waals surface area (Å²) in [6, 6.07) is 16.8. The highest BCUT2D eigenvalue weighted by molar-refractivity contribution is 5.95. The first-order valence-corrected chi connectivity index (χ1v) is 9.49. The molecule has 0 aliphatic carbocycles. The van der Waals surface area contributed by atoms with E-state index >= 15 is 0 Å². The van der Waals surface area contributed by atoms with Gasteiger partial charge in [0.05, 0.1) is 11.1 Å². The van der Waals surface area contributed by atoms with Crippen molar-refractivity contribution < 1.29 is 19.8 Å². The number of rotatable bonds is 6. The van der Waals surface area contributed by atoms with Crippen molar-refractivity contribution in [2.45, 2.75) is 33.6 Å². The fourth-order valence-corrected chi connectivity index (χ4v) is 3.59. The van der Waals surface area contributed by atoms with Crippen molar-refractivity contribution in [3.05, 3.63) is 105 Å². The van der Waals surface area contributed by atoms with Gasteiger partial charge in [0, 0.05) is 0 Å². The third-order valence-corrected chi connectivity index (χ3v) is 5.32. The van der Waals surface area contributed by atoms with Gasteiger partial charge in [-0.05, 0) is 79.1 Å². The summed E-state index contributed by atoms with van der Waals surface area (Å²) >= 11 is 0. The number of carbonyl (C=O) groups is 2. The van der Waals surface area contributed by atoms with Gasteiger partial charge in [0.1, 0.15) is 0 Å². The lowest BCUT2D eigenvalue weighted by atomic mass is 9.89. The van der Waals surface area contributed by atoms with Crippen LogP contribution in [0.5, 0.6) is 0 Å². The predicted molar refractivity (Wildman–Crippen MR) is 113 cm³/mol. The Hall–Kier alpha value is -3.40. The molecule has 0 saturated carbocycles. The molecule has 0 heterocycles. The van der Waals surface area contributed by atoms with Crippen LogP contribution in [-0.2, 0) is 12.8 Å². The molecule has 0 atom stereocenters. The first-order valence-electron chi connectivity index (χ1n) is 9.49.